The highest BCUT2D eigenvalue weighted by molar-refractivity contribution is 5.97. The second kappa shape index (κ2) is 6.21. The summed E-state index contributed by atoms with van der Waals surface area (Å²) in [5.41, 5.74) is 0.178. The van der Waals surface area contributed by atoms with Crippen LogP contribution in [-0.2, 0) is 27.3 Å². The molecule has 8 heteroatoms. The van der Waals surface area contributed by atoms with Gasteiger partial charge < -0.3 is 18.9 Å². The van der Waals surface area contributed by atoms with Crippen molar-refractivity contribution in [3.63, 3.8) is 0 Å². The van der Waals surface area contributed by atoms with Gasteiger partial charge in [0.1, 0.15) is 6.61 Å². The van der Waals surface area contributed by atoms with Crippen LogP contribution in [0.2, 0.25) is 0 Å². The van der Waals surface area contributed by atoms with Crippen LogP contribution in [0.1, 0.15) is 34.6 Å². The number of aryl methyl sites for hydroxylation is 1. The Balaban J connectivity index is 1.35. The van der Waals surface area contributed by atoms with E-state index in [9.17, 15) is 9.59 Å². The molecule has 8 nitrogen and oxygen atoms in total. The number of fused-ring (bicyclic) bond motifs is 1. The Morgan fingerprint density at radius 2 is 2.15 bits per heavy atom. The van der Waals surface area contributed by atoms with Crippen LogP contribution in [0.4, 0.5) is 0 Å². The minimum atomic E-state index is -1.18. The highest BCUT2D eigenvalue weighted by Crippen LogP contribution is 2.31. The van der Waals surface area contributed by atoms with E-state index >= 15 is 0 Å². The summed E-state index contributed by atoms with van der Waals surface area (Å²) in [5, 5.41) is 3.70. The van der Waals surface area contributed by atoms with Crippen molar-refractivity contribution in [1.29, 1.82) is 0 Å². The second-order valence-corrected chi connectivity index (χ2v) is 6.83. The van der Waals surface area contributed by atoms with E-state index in [4.69, 9.17) is 14.0 Å². The van der Waals surface area contributed by atoms with Gasteiger partial charge in [-0.2, -0.15) is 4.98 Å². The zero-order valence-electron chi connectivity index (χ0n) is 14.6. The molecule has 2 aliphatic heterocycles. The number of hydrogen-bond donors (Lipinski definition) is 0. The number of ether oxygens (including phenoxy) is 2. The number of carbonyl (C=O) groups excluding carboxylic acids is 2. The van der Waals surface area contributed by atoms with Crippen molar-refractivity contribution >= 4 is 11.9 Å². The van der Waals surface area contributed by atoms with E-state index in [1.165, 1.54) is 0 Å². The molecule has 1 fully saturated rings. The first-order chi connectivity index (χ1) is 12.4. The zero-order chi connectivity index (χ0) is 18.3. The number of amides is 1. The first-order valence-electron chi connectivity index (χ1n) is 8.46. The maximum absolute atomic E-state index is 12.8. The summed E-state index contributed by atoms with van der Waals surface area (Å²) in [7, 11) is 0. The third kappa shape index (κ3) is 2.96. The number of likely N-dealkylation sites (tertiary alicyclic amines) is 1. The van der Waals surface area contributed by atoms with Crippen LogP contribution in [0.3, 0.4) is 0 Å². The summed E-state index contributed by atoms with van der Waals surface area (Å²) in [6, 6.07) is 7.21. The van der Waals surface area contributed by atoms with Crippen LogP contribution >= 0.6 is 0 Å². The van der Waals surface area contributed by atoms with Gasteiger partial charge in [-0.15, -0.1) is 0 Å². The molecule has 0 N–H and O–H groups in total. The van der Waals surface area contributed by atoms with E-state index < -0.39 is 11.6 Å². The van der Waals surface area contributed by atoms with Crippen molar-refractivity contribution in [3.05, 3.63) is 47.1 Å². The quantitative estimate of drug-likeness (QED) is 0.761. The van der Waals surface area contributed by atoms with Gasteiger partial charge in [-0.05, 0) is 25.5 Å². The van der Waals surface area contributed by atoms with E-state index in [0.29, 0.717) is 36.8 Å². The Morgan fingerprint density at radius 3 is 2.88 bits per heavy atom. The lowest BCUT2D eigenvalue weighted by atomic mass is 9.88. The predicted octanol–water partition coefficient (Wildman–Crippen LogP) is 1.28. The molecular formula is C18H19N3O5. The topological polar surface area (TPSA) is 94.8 Å². The summed E-state index contributed by atoms with van der Waals surface area (Å²) >= 11 is 0. The molecule has 1 atom stereocenters. The number of cyclic esters (lactones) is 1. The molecule has 4 rings (SSSR count). The molecule has 0 saturated carbocycles. The largest absolute Gasteiger partial charge is 0.445 e. The number of rotatable bonds is 4. The molecule has 2 aromatic rings. The molecule has 2 aliphatic rings. The first kappa shape index (κ1) is 16.7. The molecule has 0 aliphatic carbocycles. The van der Waals surface area contributed by atoms with Gasteiger partial charge in [0.15, 0.2) is 11.4 Å². The Hall–Kier alpha value is -2.74. The van der Waals surface area contributed by atoms with Crippen LogP contribution in [0.15, 0.2) is 28.8 Å². The number of carbonyl (C=O) groups is 2. The highest BCUT2D eigenvalue weighted by Gasteiger charge is 2.47. The molecule has 1 saturated heterocycles. The molecule has 0 spiro atoms. The van der Waals surface area contributed by atoms with Crippen molar-refractivity contribution in [3.8, 4) is 0 Å². The van der Waals surface area contributed by atoms with Crippen molar-refractivity contribution in [2.24, 2.45) is 0 Å². The lowest BCUT2D eigenvalue weighted by Crippen LogP contribution is -2.62. The molecule has 136 valence electrons. The van der Waals surface area contributed by atoms with Crippen molar-refractivity contribution in [2.45, 2.75) is 38.6 Å². The second-order valence-electron chi connectivity index (χ2n) is 6.83. The molecule has 1 unspecified atom stereocenters. The summed E-state index contributed by atoms with van der Waals surface area (Å²) in [6.45, 7) is 4.51. The van der Waals surface area contributed by atoms with E-state index in [2.05, 4.69) is 10.1 Å². The number of esters is 1. The number of nitrogens with zero attached hydrogens (tertiary/aromatic N) is 3. The average molecular weight is 357 g/mol. The number of aromatic nitrogens is 2. The SMILES string of the molecule is Cc1noc(COC2CN(C(=O)C3(C)Cc4ccccc4C(=O)O3)C2)n1. The molecular weight excluding hydrogens is 338 g/mol. The van der Waals surface area contributed by atoms with E-state index in [1.54, 1.807) is 30.9 Å². The van der Waals surface area contributed by atoms with Gasteiger partial charge in [0.05, 0.1) is 11.7 Å². The van der Waals surface area contributed by atoms with E-state index in [0.717, 1.165) is 5.56 Å². The highest BCUT2D eigenvalue weighted by atomic mass is 16.6. The van der Waals surface area contributed by atoms with Gasteiger partial charge in [0.2, 0.25) is 0 Å². The normalized spacial score (nSPS) is 22.5. The Morgan fingerprint density at radius 1 is 1.38 bits per heavy atom. The van der Waals surface area contributed by atoms with Gasteiger partial charge in [-0.1, -0.05) is 23.4 Å². The maximum Gasteiger partial charge on any atom is 0.339 e. The summed E-state index contributed by atoms with van der Waals surface area (Å²) in [4.78, 5) is 30.8. The molecule has 1 aromatic heterocycles. The minimum Gasteiger partial charge on any atom is -0.445 e. The molecule has 0 bridgehead atoms. The van der Waals surface area contributed by atoms with Gasteiger partial charge >= 0.3 is 5.97 Å². The summed E-state index contributed by atoms with van der Waals surface area (Å²) < 4.78 is 16.1. The fourth-order valence-electron chi connectivity index (χ4n) is 3.28. The fourth-order valence-corrected chi connectivity index (χ4v) is 3.28. The molecule has 26 heavy (non-hydrogen) atoms. The van der Waals surface area contributed by atoms with Crippen LogP contribution < -0.4 is 0 Å². The van der Waals surface area contributed by atoms with Crippen LogP contribution in [0.5, 0.6) is 0 Å². The number of benzene rings is 1. The van der Waals surface area contributed by atoms with Crippen molar-refractivity contribution in [2.75, 3.05) is 13.1 Å². The van der Waals surface area contributed by atoms with Gasteiger partial charge in [0.25, 0.3) is 11.8 Å². The van der Waals surface area contributed by atoms with Gasteiger partial charge in [-0.25, -0.2) is 4.79 Å². The third-order valence-corrected chi connectivity index (χ3v) is 4.68. The first-order valence-corrected chi connectivity index (χ1v) is 8.46. The van der Waals surface area contributed by atoms with E-state index in [1.807, 2.05) is 12.1 Å². The minimum absolute atomic E-state index is 0.0960. The van der Waals surface area contributed by atoms with Crippen LogP contribution in [0.25, 0.3) is 0 Å². The van der Waals surface area contributed by atoms with Crippen molar-refractivity contribution in [1.82, 2.24) is 15.0 Å². The van der Waals surface area contributed by atoms with Crippen LogP contribution in [-0.4, -0.2) is 51.7 Å². The fraction of sp³-hybridized carbons (Fsp3) is 0.444. The lowest BCUT2D eigenvalue weighted by molar-refractivity contribution is -0.165. The van der Waals surface area contributed by atoms with E-state index in [-0.39, 0.29) is 18.6 Å². The summed E-state index contributed by atoms with van der Waals surface area (Å²) in [6.07, 6.45) is 0.276. The monoisotopic (exact) mass is 357 g/mol. The molecule has 1 amide bonds. The number of hydrogen-bond acceptors (Lipinski definition) is 7. The third-order valence-electron chi connectivity index (χ3n) is 4.68. The van der Waals surface area contributed by atoms with Crippen LogP contribution in [0, 0.1) is 6.92 Å². The summed E-state index contributed by atoms with van der Waals surface area (Å²) in [5.74, 6) is 0.315. The molecule has 1 aromatic carbocycles. The Kier molecular flexibility index (Phi) is 3.99. The van der Waals surface area contributed by atoms with Gasteiger partial charge in [-0.3, -0.25) is 4.79 Å². The lowest BCUT2D eigenvalue weighted by Gasteiger charge is -2.44. The maximum atomic E-state index is 12.8. The Labute approximate surface area is 150 Å². The van der Waals surface area contributed by atoms with Crippen molar-refractivity contribution < 1.29 is 23.6 Å². The zero-order valence-corrected chi connectivity index (χ0v) is 14.6. The Bertz CT molecular complexity index is 858. The average Bonchev–Trinajstić information content (AvgIpc) is 2.98. The molecule has 0 radical (unpaired) electrons. The standard InChI is InChI=1S/C18H19N3O5/c1-11-19-15(26-20-11)10-24-13-8-21(9-13)17(23)18(2)7-12-5-3-4-6-14(12)16(22)25-18/h3-6,13H,7-10H2,1-2H3. The molecule has 3 heterocycles. The predicted molar refractivity (Wildman–Crippen MR) is 88.2 cm³/mol. The van der Waals surface area contributed by atoms with Gasteiger partial charge in [0, 0.05) is 19.5 Å². The smallest absolute Gasteiger partial charge is 0.339 e.